The number of nitrogens with one attached hydrogen (secondary N) is 1. The molecule has 1 amide bonds. The lowest BCUT2D eigenvalue weighted by atomic mass is 9.86. The number of ether oxygens (including phenoxy) is 1. The van der Waals surface area contributed by atoms with Crippen LogP contribution in [0.4, 0.5) is 4.79 Å². The highest BCUT2D eigenvalue weighted by Gasteiger charge is 2.27. The van der Waals surface area contributed by atoms with E-state index in [2.05, 4.69) is 5.32 Å². The van der Waals surface area contributed by atoms with Gasteiger partial charge in [-0.05, 0) is 71.4 Å². The predicted octanol–water partition coefficient (Wildman–Crippen LogP) is 3.84. The number of piperidine rings is 2. The maximum atomic E-state index is 12.0. The molecule has 0 aliphatic carbocycles. The van der Waals surface area contributed by atoms with Crippen LogP contribution in [0.5, 0.6) is 0 Å². The van der Waals surface area contributed by atoms with Gasteiger partial charge in [-0.1, -0.05) is 12.8 Å². The second-order valence-corrected chi connectivity index (χ2v) is 7.68. The smallest absolute Gasteiger partial charge is 0.410 e. The number of nitrogens with zero attached hydrogens (tertiary/aromatic N) is 1. The fraction of sp³-hybridized carbons (Fsp3) is 0.941. The number of carbonyl (C=O) groups is 1. The monoisotopic (exact) mass is 332 g/mol. The van der Waals surface area contributed by atoms with E-state index in [1.54, 1.807) is 0 Å². The van der Waals surface area contributed by atoms with Crippen molar-refractivity contribution in [2.45, 2.75) is 64.9 Å². The van der Waals surface area contributed by atoms with Crippen LogP contribution in [0.3, 0.4) is 0 Å². The van der Waals surface area contributed by atoms with Gasteiger partial charge >= 0.3 is 6.09 Å². The van der Waals surface area contributed by atoms with Crippen LogP contribution in [0.25, 0.3) is 0 Å². The molecule has 0 atom stereocenters. The Morgan fingerprint density at radius 3 is 2.05 bits per heavy atom. The third-order valence-electron chi connectivity index (χ3n) is 4.71. The molecule has 0 spiro atoms. The highest BCUT2D eigenvalue weighted by atomic mass is 35.5. The molecule has 1 N–H and O–H groups in total. The fourth-order valence-electron chi connectivity index (χ4n) is 3.37. The Balaban J connectivity index is 0.00000242. The molecule has 0 unspecified atom stereocenters. The van der Waals surface area contributed by atoms with Crippen LogP contribution < -0.4 is 5.32 Å². The van der Waals surface area contributed by atoms with E-state index in [9.17, 15) is 4.79 Å². The Labute approximate surface area is 141 Å². The third-order valence-corrected chi connectivity index (χ3v) is 4.71. The molecule has 2 fully saturated rings. The quantitative estimate of drug-likeness (QED) is 0.853. The van der Waals surface area contributed by atoms with E-state index in [1.165, 1.54) is 38.8 Å². The first-order chi connectivity index (χ1) is 9.94. The van der Waals surface area contributed by atoms with E-state index >= 15 is 0 Å². The summed E-state index contributed by atoms with van der Waals surface area (Å²) >= 11 is 0. The highest BCUT2D eigenvalue weighted by molar-refractivity contribution is 5.85. The van der Waals surface area contributed by atoms with Crippen LogP contribution >= 0.6 is 12.4 Å². The first kappa shape index (κ1) is 19.6. The normalized spacial score (nSPS) is 21.3. The van der Waals surface area contributed by atoms with E-state index in [4.69, 9.17) is 4.74 Å². The molecular weight excluding hydrogens is 300 g/mol. The van der Waals surface area contributed by atoms with Gasteiger partial charge in [0, 0.05) is 13.1 Å². The molecular formula is C17H33ClN2O2. The molecule has 4 nitrogen and oxygen atoms in total. The summed E-state index contributed by atoms with van der Waals surface area (Å²) in [5, 5.41) is 3.43. The number of halogens is 1. The topological polar surface area (TPSA) is 41.6 Å². The van der Waals surface area contributed by atoms with Crippen LogP contribution in [0, 0.1) is 11.8 Å². The summed E-state index contributed by atoms with van der Waals surface area (Å²) in [6.45, 7) is 9.91. The molecule has 2 rings (SSSR count). The van der Waals surface area contributed by atoms with Gasteiger partial charge in [0.1, 0.15) is 5.60 Å². The molecule has 0 radical (unpaired) electrons. The van der Waals surface area contributed by atoms with E-state index in [0.717, 1.165) is 37.8 Å². The number of hydrogen-bond acceptors (Lipinski definition) is 3. The average Bonchev–Trinajstić information content (AvgIpc) is 2.45. The first-order valence-corrected chi connectivity index (χ1v) is 8.63. The second-order valence-electron chi connectivity index (χ2n) is 7.68. The van der Waals surface area contributed by atoms with Crippen molar-refractivity contribution < 1.29 is 9.53 Å². The lowest BCUT2D eigenvalue weighted by molar-refractivity contribution is 0.0178. The van der Waals surface area contributed by atoms with Gasteiger partial charge in [-0.3, -0.25) is 0 Å². The van der Waals surface area contributed by atoms with Gasteiger partial charge in [0.2, 0.25) is 0 Å². The molecule has 0 aromatic rings. The van der Waals surface area contributed by atoms with Gasteiger partial charge < -0.3 is 15.0 Å². The molecule has 2 saturated heterocycles. The van der Waals surface area contributed by atoms with Crippen molar-refractivity contribution in [3.05, 3.63) is 0 Å². The Bertz CT molecular complexity index is 330. The molecule has 0 aromatic heterocycles. The number of carbonyl (C=O) groups excluding carboxylic acids is 1. The molecule has 5 heteroatoms. The second kappa shape index (κ2) is 8.97. The SMILES string of the molecule is CC(C)(C)OC(=O)N1CCC(CCC2CCNCC2)CC1.Cl. The van der Waals surface area contributed by atoms with E-state index in [0.29, 0.717) is 0 Å². The molecule has 130 valence electrons. The number of likely N-dealkylation sites (tertiary alicyclic amines) is 1. The molecule has 22 heavy (non-hydrogen) atoms. The van der Waals surface area contributed by atoms with Crippen molar-refractivity contribution >= 4 is 18.5 Å². The Kier molecular flexibility index (Phi) is 7.98. The van der Waals surface area contributed by atoms with Crippen molar-refractivity contribution in [2.75, 3.05) is 26.2 Å². The van der Waals surface area contributed by atoms with Gasteiger partial charge in [-0.2, -0.15) is 0 Å². The largest absolute Gasteiger partial charge is 0.444 e. The van der Waals surface area contributed by atoms with Gasteiger partial charge in [0.15, 0.2) is 0 Å². The zero-order chi connectivity index (χ0) is 15.3. The van der Waals surface area contributed by atoms with E-state index in [1.807, 2.05) is 25.7 Å². The molecule has 2 aliphatic rings. The summed E-state index contributed by atoms with van der Waals surface area (Å²) in [6.07, 6.45) is 7.55. The van der Waals surface area contributed by atoms with E-state index in [-0.39, 0.29) is 24.1 Å². The Morgan fingerprint density at radius 2 is 1.55 bits per heavy atom. The molecule has 0 bridgehead atoms. The molecule has 2 heterocycles. The Morgan fingerprint density at radius 1 is 1.05 bits per heavy atom. The fourth-order valence-corrected chi connectivity index (χ4v) is 3.37. The maximum absolute atomic E-state index is 12.0. The third kappa shape index (κ3) is 6.74. The van der Waals surface area contributed by atoms with Crippen molar-refractivity contribution in [1.82, 2.24) is 10.2 Å². The van der Waals surface area contributed by atoms with Crippen LogP contribution in [-0.2, 0) is 4.74 Å². The highest BCUT2D eigenvalue weighted by Crippen LogP contribution is 2.27. The number of rotatable bonds is 3. The summed E-state index contributed by atoms with van der Waals surface area (Å²) < 4.78 is 5.45. The van der Waals surface area contributed by atoms with Crippen LogP contribution in [0.1, 0.15) is 59.3 Å². The summed E-state index contributed by atoms with van der Waals surface area (Å²) in [5.41, 5.74) is -0.386. The van der Waals surface area contributed by atoms with E-state index < -0.39 is 0 Å². The molecule has 2 aliphatic heterocycles. The molecule has 0 aromatic carbocycles. The maximum Gasteiger partial charge on any atom is 0.410 e. The first-order valence-electron chi connectivity index (χ1n) is 8.63. The minimum absolute atomic E-state index is 0. The van der Waals surface area contributed by atoms with Gasteiger partial charge in [-0.15, -0.1) is 12.4 Å². The minimum Gasteiger partial charge on any atom is -0.444 e. The van der Waals surface area contributed by atoms with Crippen molar-refractivity contribution in [2.24, 2.45) is 11.8 Å². The number of hydrogen-bond donors (Lipinski definition) is 1. The lowest BCUT2D eigenvalue weighted by Gasteiger charge is -2.34. The van der Waals surface area contributed by atoms with Gasteiger partial charge in [-0.25, -0.2) is 4.79 Å². The Hall–Kier alpha value is -0.480. The zero-order valence-electron chi connectivity index (χ0n) is 14.4. The van der Waals surface area contributed by atoms with Crippen molar-refractivity contribution in [3.8, 4) is 0 Å². The number of amides is 1. The summed E-state index contributed by atoms with van der Waals surface area (Å²) in [5.74, 6) is 1.73. The van der Waals surface area contributed by atoms with Gasteiger partial charge in [0.05, 0.1) is 0 Å². The molecule has 0 saturated carbocycles. The van der Waals surface area contributed by atoms with Crippen molar-refractivity contribution in [3.63, 3.8) is 0 Å². The summed E-state index contributed by atoms with van der Waals surface area (Å²) in [4.78, 5) is 13.9. The lowest BCUT2D eigenvalue weighted by Crippen LogP contribution is -2.41. The van der Waals surface area contributed by atoms with Crippen molar-refractivity contribution in [1.29, 1.82) is 0 Å². The van der Waals surface area contributed by atoms with Crippen LogP contribution in [0.15, 0.2) is 0 Å². The average molecular weight is 333 g/mol. The van der Waals surface area contributed by atoms with Gasteiger partial charge in [0.25, 0.3) is 0 Å². The zero-order valence-corrected chi connectivity index (χ0v) is 15.2. The predicted molar refractivity (Wildman–Crippen MR) is 92.6 cm³/mol. The van der Waals surface area contributed by atoms with Crippen LogP contribution in [0.2, 0.25) is 0 Å². The summed E-state index contributed by atoms with van der Waals surface area (Å²) in [7, 11) is 0. The van der Waals surface area contributed by atoms with Crippen LogP contribution in [-0.4, -0.2) is 42.8 Å². The minimum atomic E-state index is -0.386. The summed E-state index contributed by atoms with van der Waals surface area (Å²) in [6, 6.07) is 0. The standard InChI is InChI=1S/C17H32N2O2.ClH/c1-17(2,3)21-16(20)19-12-8-15(9-13-19)5-4-14-6-10-18-11-7-14;/h14-15,18H,4-13H2,1-3H3;1H.